The number of amides is 2. The second kappa shape index (κ2) is 8.89. The second-order valence-electron chi connectivity index (χ2n) is 5.33. The molecule has 1 aromatic rings. The van der Waals surface area contributed by atoms with Crippen molar-refractivity contribution < 1.29 is 19.5 Å². The van der Waals surface area contributed by atoms with Gasteiger partial charge in [-0.1, -0.05) is 30.3 Å². The third-order valence-corrected chi connectivity index (χ3v) is 3.47. The zero-order chi connectivity index (χ0) is 17.4. The quantitative estimate of drug-likeness (QED) is 0.535. The van der Waals surface area contributed by atoms with Crippen LogP contribution in [0, 0.1) is 0 Å². The molecule has 0 spiro atoms. The molecule has 7 heteroatoms. The summed E-state index contributed by atoms with van der Waals surface area (Å²) in [6.45, 7) is 3.05. The number of carboxylic acid groups (broad SMARTS) is 1. The van der Waals surface area contributed by atoms with Crippen LogP contribution in [0.15, 0.2) is 30.3 Å². The van der Waals surface area contributed by atoms with Gasteiger partial charge < -0.3 is 21.1 Å². The average molecular weight is 321 g/mol. The van der Waals surface area contributed by atoms with Crippen molar-refractivity contribution in [2.75, 3.05) is 7.05 Å². The Morgan fingerprint density at radius 2 is 1.61 bits per heavy atom. The molecule has 4 N–H and O–H groups in total. The minimum Gasteiger partial charge on any atom is -0.480 e. The van der Waals surface area contributed by atoms with Gasteiger partial charge in [0.2, 0.25) is 11.8 Å². The van der Waals surface area contributed by atoms with E-state index in [1.54, 1.807) is 14.0 Å². The minimum atomic E-state index is -1.13. The molecule has 0 aliphatic rings. The number of carbonyl (C=O) groups excluding carboxylic acids is 2. The Bertz CT molecular complexity index is 548. The highest BCUT2D eigenvalue weighted by Crippen LogP contribution is 2.04. The summed E-state index contributed by atoms with van der Waals surface area (Å²) in [6, 6.07) is 6.88. The first-order chi connectivity index (χ1) is 10.8. The van der Waals surface area contributed by atoms with Gasteiger partial charge in [0.1, 0.15) is 12.1 Å². The molecular formula is C16H23N3O4. The molecule has 23 heavy (non-hydrogen) atoms. The Morgan fingerprint density at radius 1 is 1.00 bits per heavy atom. The van der Waals surface area contributed by atoms with E-state index < -0.39 is 30.0 Å². The van der Waals surface area contributed by atoms with Crippen molar-refractivity contribution in [2.24, 2.45) is 0 Å². The van der Waals surface area contributed by atoms with E-state index in [0.29, 0.717) is 0 Å². The van der Waals surface area contributed by atoms with Gasteiger partial charge in [-0.25, -0.2) is 0 Å². The molecule has 1 rings (SSSR count). The van der Waals surface area contributed by atoms with E-state index in [2.05, 4.69) is 16.0 Å². The first-order valence-electron chi connectivity index (χ1n) is 7.40. The summed E-state index contributed by atoms with van der Waals surface area (Å²) >= 11 is 0. The largest absolute Gasteiger partial charge is 0.480 e. The zero-order valence-electron chi connectivity index (χ0n) is 13.5. The summed E-state index contributed by atoms with van der Waals surface area (Å²) in [7, 11) is 1.64. The number of aliphatic carboxylic acids is 1. The summed E-state index contributed by atoms with van der Waals surface area (Å²) in [5.41, 5.74) is 0.869. The van der Waals surface area contributed by atoms with Gasteiger partial charge in [-0.05, 0) is 26.5 Å². The van der Waals surface area contributed by atoms with Crippen molar-refractivity contribution in [3.8, 4) is 0 Å². The Balaban J connectivity index is 2.84. The van der Waals surface area contributed by atoms with Crippen LogP contribution in [0.25, 0.3) is 0 Å². The molecule has 0 saturated heterocycles. The van der Waals surface area contributed by atoms with E-state index in [4.69, 9.17) is 5.11 Å². The van der Waals surface area contributed by atoms with Crippen LogP contribution in [-0.2, 0) is 20.8 Å². The fraction of sp³-hybridized carbons (Fsp3) is 0.438. The highest BCUT2D eigenvalue weighted by atomic mass is 16.4. The highest BCUT2D eigenvalue weighted by Gasteiger charge is 2.25. The SMILES string of the molecule is CN[C@@H](C)C(=O)N[C@@H](Cc1ccccc1)C(=O)N[C@H](C)C(=O)O. The summed E-state index contributed by atoms with van der Waals surface area (Å²) in [4.78, 5) is 35.2. The average Bonchev–Trinajstić information content (AvgIpc) is 2.53. The third-order valence-electron chi connectivity index (χ3n) is 3.47. The third kappa shape index (κ3) is 6.07. The van der Waals surface area contributed by atoms with Gasteiger partial charge >= 0.3 is 5.97 Å². The number of carboxylic acids is 1. The van der Waals surface area contributed by atoms with Crippen molar-refractivity contribution in [1.29, 1.82) is 0 Å². The molecule has 126 valence electrons. The Kier molecular flexibility index (Phi) is 7.21. The molecule has 0 aliphatic heterocycles. The Hall–Kier alpha value is -2.41. The molecule has 0 bridgehead atoms. The van der Waals surface area contributed by atoms with Gasteiger partial charge in [0.25, 0.3) is 0 Å². The van der Waals surface area contributed by atoms with Crippen LogP contribution in [0.1, 0.15) is 19.4 Å². The molecule has 1 aromatic carbocycles. The van der Waals surface area contributed by atoms with Crippen LogP contribution >= 0.6 is 0 Å². The minimum absolute atomic E-state index is 0.279. The monoisotopic (exact) mass is 321 g/mol. The van der Waals surface area contributed by atoms with Crippen molar-refractivity contribution in [2.45, 2.75) is 38.4 Å². The predicted octanol–water partition coefficient (Wildman–Crippen LogP) is -0.0889. The van der Waals surface area contributed by atoms with Crippen molar-refractivity contribution in [3.63, 3.8) is 0 Å². The standard InChI is InChI=1S/C16H23N3O4/c1-10(17-3)14(20)19-13(9-12-7-5-4-6-8-12)15(21)18-11(2)16(22)23/h4-8,10-11,13,17H,9H2,1-3H3,(H,18,21)(H,19,20)(H,22,23)/t10-,11+,13-/m0/s1. The van der Waals surface area contributed by atoms with Crippen molar-refractivity contribution >= 4 is 17.8 Å². The maximum absolute atomic E-state index is 12.3. The Morgan fingerprint density at radius 3 is 2.13 bits per heavy atom. The molecule has 0 aliphatic carbocycles. The molecular weight excluding hydrogens is 298 g/mol. The molecule has 2 amide bonds. The van der Waals surface area contributed by atoms with Crippen LogP contribution in [0.2, 0.25) is 0 Å². The lowest BCUT2D eigenvalue weighted by atomic mass is 10.0. The smallest absolute Gasteiger partial charge is 0.325 e. The normalized spacial score (nSPS) is 14.4. The zero-order valence-corrected chi connectivity index (χ0v) is 13.5. The summed E-state index contributed by atoms with van der Waals surface area (Å²) in [5.74, 6) is -1.99. The Labute approximate surface area is 135 Å². The molecule has 0 fully saturated rings. The van der Waals surface area contributed by atoms with E-state index in [-0.39, 0.29) is 12.3 Å². The van der Waals surface area contributed by atoms with E-state index >= 15 is 0 Å². The van der Waals surface area contributed by atoms with Gasteiger partial charge in [-0.2, -0.15) is 0 Å². The number of nitrogens with one attached hydrogen (secondary N) is 3. The van der Waals surface area contributed by atoms with Crippen LogP contribution in [0.4, 0.5) is 0 Å². The van der Waals surface area contributed by atoms with Crippen LogP contribution < -0.4 is 16.0 Å². The first-order valence-corrected chi connectivity index (χ1v) is 7.40. The molecule has 0 radical (unpaired) electrons. The lowest BCUT2D eigenvalue weighted by Crippen LogP contribution is -2.54. The summed E-state index contributed by atoms with van der Waals surface area (Å²) in [6.07, 6.45) is 0.279. The van der Waals surface area contributed by atoms with E-state index in [0.717, 1.165) is 5.56 Å². The first kappa shape index (κ1) is 18.6. The number of hydrogen-bond acceptors (Lipinski definition) is 4. The fourth-order valence-electron chi connectivity index (χ4n) is 1.86. The molecule has 0 saturated carbocycles. The van der Waals surface area contributed by atoms with E-state index in [1.165, 1.54) is 6.92 Å². The number of carbonyl (C=O) groups is 3. The molecule has 0 aromatic heterocycles. The van der Waals surface area contributed by atoms with E-state index in [9.17, 15) is 14.4 Å². The summed E-state index contributed by atoms with van der Waals surface area (Å²) in [5, 5.41) is 16.7. The van der Waals surface area contributed by atoms with Crippen LogP contribution in [0.3, 0.4) is 0 Å². The lowest BCUT2D eigenvalue weighted by Gasteiger charge is -2.22. The van der Waals surface area contributed by atoms with Crippen LogP contribution in [-0.4, -0.2) is 48.1 Å². The molecule has 3 atom stereocenters. The van der Waals surface area contributed by atoms with Crippen LogP contribution in [0.5, 0.6) is 0 Å². The number of likely N-dealkylation sites (N-methyl/N-ethyl adjacent to an activating group) is 1. The number of rotatable bonds is 8. The number of hydrogen-bond donors (Lipinski definition) is 4. The molecule has 7 nitrogen and oxygen atoms in total. The molecule has 0 heterocycles. The van der Waals surface area contributed by atoms with Crippen molar-refractivity contribution in [1.82, 2.24) is 16.0 Å². The van der Waals surface area contributed by atoms with Crippen molar-refractivity contribution in [3.05, 3.63) is 35.9 Å². The predicted molar refractivity (Wildman–Crippen MR) is 85.8 cm³/mol. The topological polar surface area (TPSA) is 108 Å². The lowest BCUT2D eigenvalue weighted by molar-refractivity contribution is -0.141. The highest BCUT2D eigenvalue weighted by molar-refractivity contribution is 5.91. The van der Waals surface area contributed by atoms with Gasteiger partial charge in [0.15, 0.2) is 0 Å². The van der Waals surface area contributed by atoms with Gasteiger partial charge in [0, 0.05) is 6.42 Å². The molecule has 0 unspecified atom stereocenters. The van der Waals surface area contributed by atoms with Gasteiger partial charge in [-0.15, -0.1) is 0 Å². The maximum atomic E-state index is 12.3. The fourth-order valence-corrected chi connectivity index (χ4v) is 1.86. The summed E-state index contributed by atoms with van der Waals surface area (Å²) < 4.78 is 0. The van der Waals surface area contributed by atoms with Gasteiger partial charge in [0.05, 0.1) is 6.04 Å². The van der Waals surface area contributed by atoms with Gasteiger partial charge in [-0.3, -0.25) is 14.4 Å². The second-order valence-corrected chi connectivity index (χ2v) is 5.33. The maximum Gasteiger partial charge on any atom is 0.325 e. The number of benzene rings is 1. The van der Waals surface area contributed by atoms with E-state index in [1.807, 2.05) is 30.3 Å².